The molecule has 10 heteroatoms. The monoisotopic (exact) mass is 449 g/mol. The van der Waals surface area contributed by atoms with Gasteiger partial charge in [0.1, 0.15) is 24.7 Å². The molecule has 1 aromatic rings. The number of carbonyl (C=O) groups excluding carboxylic acids is 3. The van der Waals surface area contributed by atoms with Gasteiger partial charge in [0.05, 0.1) is 11.7 Å². The third kappa shape index (κ3) is 8.25. The van der Waals surface area contributed by atoms with Crippen LogP contribution in [-0.2, 0) is 25.6 Å². The summed E-state index contributed by atoms with van der Waals surface area (Å²) in [6.07, 6.45) is -0.814. The lowest BCUT2D eigenvalue weighted by Crippen LogP contribution is -2.44. The topological polar surface area (TPSA) is 120 Å². The summed E-state index contributed by atoms with van der Waals surface area (Å²) in [6.45, 7) is 6.79. The summed E-state index contributed by atoms with van der Waals surface area (Å²) in [6, 6.07) is 4.84. The minimum Gasteiger partial charge on any atom is -0.469 e. The number of benzene rings is 1. The summed E-state index contributed by atoms with van der Waals surface area (Å²) in [5.74, 6) is -0.578. The molecule has 0 aromatic heterocycles. The van der Waals surface area contributed by atoms with Crippen LogP contribution in [0.5, 0.6) is 5.75 Å². The SMILES string of the molecule is BC(=O)OCc1ccc(OC2CC(O)CC(C=O)O2)c(C(=O)NC(C)(C)CCOCC)c1. The minimum atomic E-state index is -0.884. The van der Waals surface area contributed by atoms with Crippen LogP contribution in [0.4, 0.5) is 4.79 Å². The lowest BCUT2D eigenvalue weighted by molar-refractivity contribution is -0.176. The quantitative estimate of drug-likeness (QED) is 0.295. The summed E-state index contributed by atoms with van der Waals surface area (Å²) in [4.78, 5) is 35.4. The molecule has 2 rings (SSSR count). The Labute approximate surface area is 189 Å². The molecular weight excluding hydrogens is 417 g/mol. The first-order valence-electron chi connectivity index (χ1n) is 10.8. The van der Waals surface area contributed by atoms with Gasteiger partial charge in [-0.1, -0.05) is 6.07 Å². The number of hydrogen-bond acceptors (Lipinski definition) is 8. The summed E-state index contributed by atoms with van der Waals surface area (Å²) in [7, 11) is 1.31. The number of ether oxygens (including phenoxy) is 4. The van der Waals surface area contributed by atoms with Gasteiger partial charge in [0.15, 0.2) is 0 Å². The normalized spacial score (nSPS) is 20.9. The molecule has 1 fully saturated rings. The Hall–Kier alpha value is -2.43. The molecule has 176 valence electrons. The van der Waals surface area contributed by atoms with Crippen LogP contribution in [0.15, 0.2) is 18.2 Å². The van der Waals surface area contributed by atoms with Gasteiger partial charge in [-0.3, -0.25) is 9.59 Å². The van der Waals surface area contributed by atoms with Crippen molar-refractivity contribution < 1.29 is 38.4 Å². The first-order valence-corrected chi connectivity index (χ1v) is 10.8. The van der Waals surface area contributed by atoms with E-state index in [1.54, 1.807) is 18.2 Å². The highest BCUT2D eigenvalue weighted by Gasteiger charge is 2.31. The molecule has 1 aliphatic heterocycles. The van der Waals surface area contributed by atoms with Crippen LogP contribution in [0, 0.1) is 0 Å². The Morgan fingerprint density at radius 1 is 1.34 bits per heavy atom. The number of aliphatic hydroxyl groups is 1. The van der Waals surface area contributed by atoms with Crippen LogP contribution in [-0.4, -0.2) is 68.3 Å². The van der Waals surface area contributed by atoms with Crippen molar-refractivity contribution in [2.45, 2.75) is 70.7 Å². The highest BCUT2D eigenvalue weighted by molar-refractivity contribution is 6.55. The molecule has 32 heavy (non-hydrogen) atoms. The second-order valence-electron chi connectivity index (χ2n) is 8.38. The highest BCUT2D eigenvalue weighted by Crippen LogP contribution is 2.27. The third-order valence-corrected chi connectivity index (χ3v) is 4.96. The zero-order chi connectivity index (χ0) is 23.7. The maximum atomic E-state index is 13.1. The van der Waals surface area contributed by atoms with Crippen LogP contribution in [0.2, 0.25) is 0 Å². The van der Waals surface area contributed by atoms with Gasteiger partial charge in [-0.2, -0.15) is 0 Å². The van der Waals surface area contributed by atoms with Gasteiger partial charge in [0.25, 0.3) is 5.91 Å². The van der Waals surface area contributed by atoms with Gasteiger partial charge < -0.3 is 34.2 Å². The van der Waals surface area contributed by atoms with Crippen molar-refractivity contribution in [3.8, 4) is 5.75 Å². The van der Waals surface area contributed by atoms with Crippen LogP contribution < -0.4 is 10.1 Å². The van der Waals surface area contributed by atoms with E-state index in [2.05, 4.69) is 5.32 Å². The summed E-state index contributed by atoms with van der Waals surface area (Å²) < 4.78 is 21.9. The van der Waals surface area contributed by atoms with E-state index >= 15 is 0 Å². The molecule has 1 heterocycles. The molecule has 2 N–H and O–H groups in total. The predicted octanol–water partition coefficient (Wildman–Crippen LogP) is 1.33. The first kappa shape index (κ1) is 25.8. The van der Waals surface area contributed by atoms with Gasteiger partial charge in [-0.15, -0.1) is 0 Å². The Kier molecular flexibility index (Phi) is 9.68. The lowest BCUT2D eigenvalue weighted by atomic mass is 10.00. The molecule has 0 spiro atoms. The number of rotatable bonds is 11. The second kappa shape index (κ2) is 12.0. The average molecular weight is 449 g/mol. The maximum Gasteiger partial charge on any atom is 0.255 e. The number of aliphatic hydroxyl groups excluding tert-OH is 1. The molecule has 0 saturated carbocycles. The van der Waals surface area contributed by atoms with E-state index in [1.165, 1.54) is 7.85 Å². The average Bonchev–Trinajstić information content (AvgIpc) is 2.72. The van der Waals surface area contributed by atoms with Gasteiger partial charge >= 0.3 is 0 Å². The van der Waals surface area contributed by atoms with Crippen LogP contribution in [0.3, 0.4) is 0 Å². The lowest BCUT2D eigenvalue weighted by Gasteiger charge is -2.31. The molecule has 9 nitrogen and oxygen atoms in total. The molecule has 1 amide bonds. The highest BCUT2D eigenvalue weighted by atomic mass is 16.7. The van der Waals surface area contributed by atoms with Gasteiger partial charge in [-0.25, -0.2) is 0 Å². The van der Waals surface area contributed by atoms with Crippen LogP contribution in [0.25, 0.3) is 0 Å². The third-order valence-electron chi connectivity index (χ3n) is 4.96. The van der Waals surface area contributed by atoms with Crippen molar-refractivity contribution in [1.82, 2.24) is 5.32 Å². The fourth-order valence-corrected chi connectivity index (χ4v) is 3.24. The minimum absolute atomic E-state index is 0.00941. The molecule has 0 radical (unpaired) electrons. The van der Waals surface area contributed by atoms with Crippen LogP contribution in [0.1, 0.15) is 56.0 Å². The number of aldehydes is 1. The Morgan fingerprint density at radius 2 is 2.09 bits per heavy atom. The van der Waals surface area contributed by atoms with E-state index in [9.17, 15) is 19.5 Å². The molecule has 1 aromatic carbocycles. The maximum absolute atomic E-state index is 13.1. The zero-order valence-corrected chi connectivity index (χ0v) is 19.1. The number of amides is 1. The molecule has 0 aliphatic carbocycles. The van der Waals surface area contributed by atoms with Crippen molar-refractivity contribution in [3.63, 3.8) is 0 Å². The van der Waals surface area contributed by atoms with E-state index in [0.29, 0.717) is 31.5 Å². The van der Waals surface area contributed by atoms with E-state index in [1.807, 2.05) is 20.8 Å². The molecule has 3 atom stereocenters. The summed E-state index contributed by atoms with van der Waals surface area (Å²) >= 11 is 0. The largest absolute Gasteiger partial charge is 0.469 e. The molecule has 1 aliphatic rings. The predicted molar refractivity (Wildman–Crippen MR) is 118 cm³/mol. The zero-order valence-electron chi connectivity index (χ0n) is 19.1. The van der Waals surface area contributed by atoms with E-state index < -0.39 is 29.9 Å². The fraction of sp³-hybridized carbons (Fsp3) is 0.591. The van der Waals surface area contributed by atoms with Crippen molar-refractivity contribution in [3.05, 3.63) is 29.3 Å². The van der Waals surface area contributed by atoms with E-state index in [0.717, 1.165) is 0 Å². The van der Waals surface area contributed by atoms with E-state index in [4.69, 9.17) is 18.9 Å². The Morgan fingerprint density at radius 3 is 2.75 bits per heavy atom. The molecular formula is C22H32BNO8. The number of nitrogens with one attached hydrogen (secondary N) is 1. The number of hydrogen-bond donors (Lipinski definition) is 2. The summed E-state index contributed by atoms with van der Waals surface area (Å²) in [5.41, 5.74) is 0.292. The Bertz CT molecular complexity index is 800. The van der Waals surface area contributed by atoms with Crippen molar-refractivity contribution in [2.75, 3.05) is 13.2 Å². The Balaban J connectivity index is 2.23. The number of carbonyl (C=O) groups is 3. The van der Waals surface area contributed by atoms with Crippen LogP contribution >= 0.6 is 0 Å². The second-order valence-corrected chi connectivity index (χ2v) is 8.38. The van der Waals surface area contributed by atoms with Crippen molar-refractivity contribution >= 4 is 25.9 Å². The van der Waals surface area contributed by atoms with Crippen molar-refractivity contribution in [2.24, 2.45) is 0 Å². The molecule has 3 unspecified atom stereocenters. The molecule has 0 bridgehead atoms. The standard InChI is InChI=1S/C22H32BNO8/c1-4-29-8-7-22(2,3)24-20(27)17-9-14(13-30-21(23)28)5-6-18(17)32-19-11-15(26)10-16(12-25)31-19/h5-6,9,12,15-16,19,26H,4,7-8,10-11,13,23H2,1-3H3,(H,24,27). The first-order chi connectivity index (χ1) is 15.1. The van der Waals surface area contributed by atoms with Gasteiger partial charge in [0.2, 0.25) is 20.0 Å². The molecule has 1 saturated heterocycles. The van der Waals surface area contributed by atoms with Gasteiger partial charge in [-0.05, 0) is 44.9 Å². The van der Waals surface area contributed by atoms with Gasteiger partial charge in [0, 0.05) is 31.6 Å². The smallest absolute Gasteiger partial charge is 0.255 e. The summed E-state index contributed by atoms with van der Waals surface area (Å²) in [5, 5.41) is 13.0. The fourth-order valence-electron chi connectivity index (χ4n) is 3.24. The van der Waals surface area contributed by atoms with Crippen molar-refractivity contribution in [1.29, 1.82) is 0 Å². The van der Waals surface area contributed by atoms with E-state index in [-0.39, 0.29) is 36.7 Å².